The van der Waals surface area contributed by atoms with Crippen LogP contribution in [0.4, 0.5) is 10.1 Å². The van der Waals surface area contributed by atoms with E-state index in [9.17, 15) is 23.6 Å². The second kappa shape index (κ2) is 10.7. The molecule has 1 aromatic heterocycles. The lowest BCUT2D eigenvalue weighted by atomic mass is 10.1. The van der Waals surface area contributed by atoms with Gasteiger partial charge in [-0.2, -0.15) is 0 Å². The zero-order valence-electron chi connectivity index (χ0n) is 18.8. The minimum atomic E-state index is -0.492. The number of rotatable bonds is 9. The Balaban J connectivity index is 1.21. The van der Waals surface area contributed by atoms with Crippen molar-refractivity contribution in [2.75, 3.05) is 18.4 Å². The maximum atomic E-state index is 13.9. The highest BCUT2D eigenvalue weighted by molar-refractivity contribution is 5.96. The smallest absolute Gasteiger partial charge is 0.254 e. The molecule has 35 heavy (non-hydrogen) atoms. The second-order valence-corrected chi connectivity index (χ2v) is 8.17. The van der Waals surface area contributed by atoms with E-state index in [1.54, 1.807) is 36.4 Å². The number of aromatic nitrogens is 2. The maximum Gasteiger partial charge on any atom is 0.254 e. The Hall–Kier alpha value is -4.34. The van der Waals surface area contributed by atoms with Gasteiger partial charge in [-0.05, 0) is 49.2 Å². The zero-order chi connectivity index (χ0) is 24.8. The fraction of sp³-hybridized carbons (Fsp3) is 0.240. The van der Waals surface area contributed by atoms with Crippen molar-refractivity contribution in [2.24, 2.45) is 5.92 Å². The van der Waals surface area contributed by atoms with Gasteiger partial charge >= 0.3 is 0 Å². The molecule has 9 nitrogen and oxygen atoms in total. The number of carbonyl (C=O) groups is 3. The van der Waals surface area contributed by atoms with Crippen LogP contribution in [0.3, 0.4) is 0 Å². The van der Waals surface area contributed by atoms with E-state index in [0.29, 0.717) is 11.3 Å². The summed E-state index contributed by atoms with van der Waals surface area (Å²) in [5.74, 6) is -1.15. The Kier molecular flexibility index (Phi) is 7.30. The highest BCUT2D eigenvalue weighted by Crippen LogP contribution is 2.30. The molecule has 2 aromatic carbocycles. The Morgan fingerprint density at radius 3 is 2.40 bits per heavy atom. The molecule has 0 unspecified atom stereocenters. The standard InChI is InChI=1S/C25H24FN5O4/c26-20-4-2-1-3-19(20)21-13-23(33)31(15-29-21)14-22(32)27-11-12-28-24(34)16-7-9-18(10-8-16)30-25(35)17-5-6-17/h1-4,7-10,13,15,17H,5-6,11-12,14H2,(H,27,32)(H,28,34)(H,30,35). The van der Waals surface area contributed by atoms with Crippen LogP contribution in [0.25, 0.3) is 11.3 Å². The molecule has 3 aromatic rings. The first-order valence-electron chi connectivity index (χ1n) is 11.2. The van der Waals surface area contributed by atoms with Crippen molar-refractivity contribution in [2.45, 2.75) is 19.4 Å². The molecule has 1 heterocycles. The molecule has 0 spiro atoms. The minimum absolute atomic E-state index is 0.00276. The molecule has 1 aliphatic carbocycles. The maximum absolute atomic E-state index is 13.9. The highest BCUT2D eigenvalue weighted by atomic mass is 19.1. The van der Waals surface area contributed by atoms with Crippen LogP contribution < -0.4 is 21.5 Å². The van der Waals surface area contributed by atoms with Crippen LogP contribution in [0, 0.1) is 11.7 Å². The Morgan fingerprint density at radius 2 is 1.71 bits per heavy atom. The fourth-order valence-electron chi connectivity index (χ4n) is 3.35. The lowest BCUT2D eigenvalue weighted by molar-refractivity contribution is -0.121. The summed E-state index contributed by atoms with van der Waals surface area (Å²) in [4.78, 5) is 52.6. The molecule has 1 aliphatic rings. The van der Waals surface area contributed by atoms with Gasteiger partial charge < -0.3 is 16.0 Å². The first-order valence-corrected chi connectivity index (χ1v) is 11.2. The van der Waals surface area contributed by atoms with E-state index in [1.807, 2.05) is 0 Å². The van der Waals surface area contributed by atoms with E-state index >= 15 is 0 Å². The summed E-state index contributed by atoms with van der Waals surface area (Å²) >= 11 is 0. The zero-order valence-corrected chi connectivity index (χ0v) is 18.8. The number of carbonyl (C=O) groups excluding carboxylic acids is 3. The van der Waals surface area contributed by atoms with Gasteiger partial charge in [0, 0.05) is 41.9 Å². The van der Waals surface area contributed by atoms with Crippen molar-refractivity contribution in [1.82, 2.24) is 20.2 Å². The van der Waals surface area contributed by atoms with E-state index in [4.69, 9.17) is 0 Å². The molecular formula is C25H24FN5O4. The van der Waals surface area contributed by atoms with E-state index in [0.717, 1.165) is 17.4 Å². The average molecular weight is 477 g/mol. The average Bonchev–Trinajstić information content (AvgIpc) is 3.70. The monoisotopic (exact) mass is 477 g/mol. The summed E-state index contributed by atoms with van der Waals surface area (Å²) in [6, 6.07) is 13.7. The van der Waals surface area contributed by atoms with Crippen LogP contribution in [0.2, 0.25) is 0 Å². The number of nitrogens with one attached hydrogen (secondary N) is 3. The van der Waals surface area contributed by atoms with E-state index in [2.05, 4.69) is 20.9 Å². The summed E-state index contributed by atoms with van der Waals surface area (Å²) in [5.41, 5.74) is 0.963. The van der Waals surface area contributed by atoms with Gasteiger partial charge in [0.25, 0.3) is 11.5 Å². The highest BCUT2D eigenvalue weighted by Gasteiger charge is 2.29. The van der Waals surface area contributed by atoms with Crippen LogP contribution in [-0.4, -0.2) is 40.4 Å². The van der Waals surface area contributed by atoms with Crippen molar-refractivity contribution in [3.05, 3.63) is 82.7 Å². The third-order valence-corrected chi connectivity index (χ3v) is 5.44. The molecule has 0 saturated heterocycles. The predicted molar refractivity (Wildman–Crippen MR) is 127 cm³/mol. The molecule has 1 fully saturated rings. The fourth-order valence-corrected chi connectivity index (χ4v) is 3.35. The number of halogens is 1. The molecule has 4 rings (SSSR count). The molecule has 0 radical (unpaired) electrons. The van der Waals surface area contributed by atoms with E-state index in [1.165, 1.54) is 24.5 Å². The summed E-state index contributed by atoms with van der Waals surface area (Å²) in [6.45, 7) is 0.0884. The second-order valence-electron chi connectivity index (χ2n) is 8.17. The number of anilines is 1. The first kappa shape index (κ1) is 23.8. The molecule has 0 atom stereocenters. The molecule has 10 heteroatoms. The van der Waals surface area contributed by atoms with Gasteiger partial charge in [-0.3, -0.25) is 23.7 Å². The Labute approximate surface area is 200 Å². The van der Waals surface area contributed by atoms with Crippen LogP contribution in [0.5, 0.6) is 0 Å². The van der Waals surface area contributed by atoms with Gasteiger partial charge in [0.2, 0.25) is 11.8 Å². The molecular weight excluding hydrogens is 453 g/mol. The number of benzene rings is 2. The van der Waals surface area contributed by atoms with Crippen LogP contribution in [0.15, 0.2) is 65.7 Å². The molecule has 3 N–H and O–H groups in total. The van der Waals surface area contributed by atoms with Crippen LogP contribution in [-0.2, 0) is 16.1 Å². The van der Waals surface area contributed by atoms with E-state index in [-0.39, 0.29) is 48.6 Å². The van der Waals surface area contributed by atoms with Gasteiger partial charge in [-0.15, -0.1) is 0 Å². The Bertz CT molecular complexity index is 1300. The third kappa shape index (κ3) is 6.38. The minimum Gasteiger partial charge on any atom is -0.353 e. The van der Waals surface area contributed by atoms with Gasteiger partial charge in [0.15, 0.2) is 0 Å². The number of hydrogen-bond acceptors (Lipinski definition) is 5. The lowest BCUT2D eigenvalue weighted by Crippen LogP contribution is -2.37. The van der Waals surface area contributed by atoms with Gasteiger partial charge in [0.1, 0.15) is 12.4 Å². The number of amides is 3. The number of hydrogen-bond donors (Lipinski definition) is 3. The van der Waals surface area contributed by atoms with Crippen molar-refractivity contribution in [3.63, 3.8) is 0 Å². The normalized spacial score (nSPS) is 12.6. The lowest BCUT2D eigenvalue weighted by Gasteiger charge is -2.10. The summed E-state index contributed by atoms with van der Waals surface area (Å²) in [5, 5.41) is 8.12. The first-order chi connectivity index (χ1) is 16.9. The summed E-state index contributed by atoms with van der Waals surface area (Å²) in [6.07, 6.45) is 3.03. The topological polar surface area (TPSA) is 122 Å². The van der Waals surface area contributed by atoms with Gasteiger partial charge in [-0.25, -0.2) is 9.37 Å². The molecule has 3 amide bonds. The number of nitrogens with zero attached hydrogens (tertiary/aromatic N) is 2. The molecule has 0 bridgehead atoms. The van der Waals surface area contributed by atoms with Crippen molar-refractivity contribution < 1.29 is 18.8 Å². The van der Waals surface area contributed by atoms with Crippen LogP contribution >= 0.6 is 0 Å². The van der Waals surface area contributed by atoms with E-state index < -0.39 is 17.3 Å². The van der Waals surface area contributed by atoms with Gasteiger partial charge in [0.05, 0.1) is 12.0 Å². The van der Waals surface area contributed by atoms with Crippen molar-refractivity contribution >= 4 is 23.4 Å². The largest absolute Gasteiger partial charge is 0.353 e. The Morgan fingerprint density at radius 1 is 1.00 bits per heavy atom. The quantitative estimate of drug-likeness (QED) is 0.407. The van der Waals surface area contributed by atoms with Gasteiger partial charge in [-0.1, -0.05) is 12.1 Å². The third-order valence-electron chi connectivity index (χ3n) is 5.44. The molecule has 180 valence electrons. The van der Waals surface area contributed by atoms with Crippen LogP contribution in [0.1, 0.15) is 23.2 Å². The molecule has 0 aliphatic heterocycles. The van der Waals surface area contributed by atoms with Crippen molar-refractivity contribution in [3.8, 4) is 11.3 Å². The predicted octanol–water partition coefficient (Wildman–Crippen LogP) is 1.94. The SMILES string of the molecule is O=C(Cn1cnc(-c2ccccc2F)cc1=O)NCCNC(=O)c1ccc(NC(=O)C2CC2)cc1. The summed E-state index contributed by atoms with van der Waals surface area (Å²) in [7, 11) is 0. The summed E-state index contributed by atoms with van der Waals surface area (Å²) < 4.78 is 15.0. The molecule has 1 saturated carbocycles. The van der Waals surface area contributed by atoms with Crippen molar-refractivity contribution in [1.29, 1.82) is 0 Å².